The third-order valence-electron chi connectivity index (χ3n) is 2.90. The topological polar surface area (TPSA) is 12.9 Å². The molecule has 2 rings (SSSR count). The van der Waals surface area contributed by atoms with Crippen LogP contribution in [-0.2, 0) is 19.3 Å². The molecular weight excluding hydrogens is 258 g/mol. The summed E-state index contributed by atoms with van der Waals surface area (Å²) in [5, 5.41) is 1.22. The Morgan fingerprint density at radius 2 is 1.67 bits per heavy atom. The van der Waals surface area contributed by atoms with Crippen molar-refractivity contribution in [2.45, 2.75) is 49.1 Å². The Balaban J connectivity index is 2.22. The standard InChI is InChI=1S/C15H19NS2/c1-4-11-7-12(5-2)9-13(8-11)17-15-10-16-14(6-3)18-15/h7-10H,4-6H2,1-3H3. The van der Waals surface area contributed by atoms with Crippen molar-refractivity contribution in [1.82, 2.24) is 4.98 Å². The first kappa shape index (κ1) is 13.6. The Morgan fingerprint density at radius 1 is 1.00 bits per heavy atom. The van der Waals surface area contributed by atoms with Crippen LogP contribution >= 0.6 is 23.1 Å². The molecule has 0 N–H and O–H groups in total. The second-order valence-electron chi connectivity index (χ2n) is 4.22. The van der Waals surface area contributed by atoms with Gasteiger partial charge in [-0.1, -0.05) is 38.6 Å². The highest BCUT2D eigenvalue weighted by Crippen LogP contribution is 2.33. The summed E-state index contributed by atoms with van der Waals surface area (Å²) in [6.45, 7) is 6.58. The molecule has 2 aromatic rings. The van der Waals surface area contributed by atoms with Crippen molar-refractivity contribution in [1.29, 1.82) is 0 Å². The molecule has 0 aliphatic heterocycles. The van der Waals surface area contributed by atoms with Gasteiger partial charge in [-0.15, -0.1) is 11.3 Å². The van der Waals surface area contributed by atoms with Gasteiger partial charge in [-0.25, -0.2) is 4.98 Å². The molecule has 96 valence electrons. The first-order valence-corrected chi connectivity index (χ1v) is 8.13. The summed E-state index contributed by atoms with van der Waals surface area (Å²) >= 11 is 3.65. The summed E-state index contributed by atoms with van der Waals surface area (Å²) in [4.78, 5) is 5.76. The van der Waals surface area contributed by atoms with E-state index in [0.717, 1.165) is 19.3 Å². The molecule has 1 heterocycles. The Kier molecular flexibility index (Phi) is 4.84. The van der Waals surface area contributed by atoms with E-state index in [1.165, 1.54) is 25.2 Å². The van der Waals surface area contributed by atoms with Crippen molar-refractivity contribution < 1.29 is 0 Å². The summed E-state index contributed by atoms with van der Waals surface area (Å²) in [6, 6.07) is 6.92. The average molecular weight is 277 g/mol. The molecule has 1 aromatic carbocycles. The van der Waals surface area contributed by atoms with Crippen molar-refractivity contribution in [2.24, 2.45) is 0 Å². The molecule has 0 saturated carbocycles. The molecule has 0 aliphatic rings. The Hall–Kier alpha value is -0.800. The van der Waals surface area contributed by atoms with E-state index in [2.05, 4.69) is 44.0 Å². The van der Waals surface area contributed by atoms with Crippen LogP contribution in [-0.4, -0.2) is 4.98 Å². The van der Waals surface area contributed by atoms with Gasteiger partial charge in [-0.05, 0) is 42.5 Å². The van der Waals surface area contributed by atoms with Gasteiger partial charge in [0.1, 0.15) is 0 Å². The second-order valence-corrected chi connectivity index (χ2v) is 6.71. The minimum absolute atomic E-state index is 1.03. The van der Waals surface area contributed by atoms with Gasteiger partial charge in [0.2, 0.25) is 0 Å². The average Bonchev–Trinajstić information content (AvgIpc) is 2.85. The van der Waals surface area contributed by atoms with E-state index in [9.17, 15) is 0 Å². The SMILES string of the molecule is CCc1cc(CC)cc(Sc2cnc(CC)s2)c1. The number of aromatic nitrogens is 1. The molecule has 0 bridgehead atoms. The van der Waals surface area contributed by atoms with Gasteiger partial charge in [0.25, 0.3) is 0 Å². The lowest BCUT2D eigenvalue weighted by Gasteiger charge is -2.06. The molecule has 1 aromatic heterocycles. The van der Waals surface area contributed by atoms with Crippen LogP contribution < -0.4 is 0 Å². The molecule has 0 amide bonds. The zero-order valence-electron chi connectivity index (χ0n) is 11.2. The zero-order valence-corrected chi connectivity index (χ0v) is 12.8. The van der Waals surface area contributed by atoms with E-state index >= 15 is 0 Å². The summed E-state index contributed by atoms with van der Waals surface area (Å²) in [5.74, 6) is 0. The molecule has 0 spiro atoms. The van der Waals surface area contributed by atoms with Crippen LogP contribution in [0.1, 0.15) is 36.9 Å². The van der Waals surface area contributed by atoms with E-state index < -0.39 is 0 Å². The van der Waals surface area contributed by atoms with Crippen LogP contribution in [0.4, 0.5) is 0 Å². The van der Waals surface area contributed by atoms with Crippen LogP contribution in [0, 0.1) is 0 Å². The molecule has 18 heavy (non-hydrogen) atoms. The van der Waals surface area contributed by atoms with Crippen LogP contribution in [0.2, 0.25) is 0 Å². The summed E-state index contributed by atoms with van der Waals surface area (Å²) in [7, 11) is 0. The molecule has 3 heteroatoms. The largest absolute Gasteiger partial charge is 0.248 e. The highest BCUT2D eigenvalue weighted by molar-refractivity contribution is 8.01. The summed E-state index contributed by atoms with van der Waals surface area (Å²) in [6.07, 6.45) is 5.23. The predicted molar refractivity (Wildman–Crippen MR) is 80.8 cm³/mol. The monoisotopic (exact) mass is 277 g/mol. The molecule has 0 unspecified atom stereocenters. The maximum atomic E-state index is 4.41. The van der Waals surface area contributed by atoms with E-state index in [4.69, 9.17) is 0 Å². The summed E-state index contributed by atoms with van der Waals surface area (Å²) in [5.41, 5.74) is 2.86. The van der Waals surface area contributed by atoms with Crippen molar-refractivity contribution >= 4 is 23.1 Å². The Morgan fingerprint density at radius 3 is 2.17 bits per heavy atom. The van der Waals surface area contributed by atoms with Crippen LogP contribution in [0.3, 0.4) is 0 Å². The molecule has 1 nitrogen and oxygen atoms in total. The fraction of sp³-hybridized carbons (Fsp3) is 0.400. The number of thiazole rings is 1. The fourth-order valence-electron chi connectivity index (χ4n) is 1.82. The van der Waals surface area contributed by atoms with Crippen LogP contribution in [0.15, 0.2) is 33.5 Å². The van der Waals surface area contributed by atoms with Gasteiger partial charge in [-0.3, -0.25) is 0 Å². The number of hydrogen-bond donors (Lipinski definition) is 0. The minimum atomic E-state index is 1.03. The molecule has 0 radical (unpaired) electrons. The third kappa shape index (κ3) is 3.36. The number of rotatable bonds is 5. The molecule has 0 atom stereocenters. The Labute approximate surface area is 118 Å². The fourth-order valence-corrected chi connectivity index (χ4v) is 3.91. The van der Waals surface area contributed by atoms with Crippen molar-refractivity contribution in [3.8, 4) is 0 Å². The van der Waals surface area contributed by atoms with Gasteiger partial charge in [0.05, 0.1) is 15.4 Å². The van der Waals surface area contributed by atoms with Gasteiger partial charge >= 0.3 is 0 Å². The first-order chi connectivity index (χ1) is 8.75. The van der Waals surface area contributed by atoms with Gasteiger partial charge in [-0.2, -0.15) is 0 Å². The van der Waals surface area contributed by atoms with Crippen LogP contribution in [0.5, 0.6) is 0 Å². The normalized spacial score (nSPS) is 10.8. The quantitative estimate of drug-likeness (QED) is 0.764. The molecule has 0 fully saturated rings. The van der Waals surface area contributed by atoms with Gasteiger partial charge < -0.3 is 0 Å². The smallest absolute Gasteiger partial charge is 0.0934 e. The summed E-state index contributed by atoms with van der Waals surface area (Å²) < 4.78 is 1.29. The number of benzene rings is 1. The number of aryl methyl sites for hydroxylation is 3. The van der Waals surface area contributed by atoms with Crippen molar-refractivity contribution in [3.05, 3.63) is 40.5 Å². The van der Waals surface area contributed by atoms with Gasteiger partial charge in [0.15, 0.2) is 0 Å². The lowest BCUT2D eigenvalue weighted by molar-refractivity contribution is 1.06. The maximum absolute atomic E-state index is 4.41. The third-order valence-corrected chi connectivity index (χ3v) is 5.11. The highest BCUT2D eigenvalue weighted by Gasteiger charge is 2.05. The number of hydrogen-bond acceptors (Lipinski definition) is 3. The zero-order chi connectivity index (χ0) is 13.0. The molecular formula is C15H19NS2. The molecule has 0 aliphatic carbocycles. The Bertz CT molecular complexity index is 495. The van der Waals surface area contributed by atoms with E-state index in [0.29, 0.717) is 0 Å². The van der Waals surface area contributed by atoms with Crippen molar-refractivity contribution in [2.75, 3.05) is 0 Å². The van der Waals surface area contributed by atoms with Crippen LogP contribution in [0.25, 0.3) is 0 Å². The lowest BCUT2D eigenvalue weighted by atomic mass is 10.1. The second kappa shape index (κ2) is 6.39. The lowest BCUT2D eigenvalue weighted by Crippen LogP contribution is -1.87. The predicted octanol–water partition coefficient (Wildman–Crippen LogP) is 4.98. The maximum Gasteiger partial charge on any atom is 0.0934 e. The first-order valence-electron chi connectivity index (χ1n) is 6.50. The van der Waals surface area contributed by atoms with Crippen molar-refractivity contribution in [3.63, 3.8) is 0 Å². The van der Waals surface area contributed by atoms with E-state index in [1.807, 2.05) is 18.0 Å². The minimum Gasteiger partial charge on any atom is -0.248 e. The van der Waals surface area contributed by atoms with E-state index in [-0.39, 0.29) is 0 Å². The highest BCUT2D eigenvalue weighted by atomic mass is 32.2. The number of nitrogens with zero attached hydrogens (tertiary/aromatic N) is 1. The van der Waals surface area contributed by atoms with Gasteiger partial charge in [0, 0.05) is 4.90 Å². The van der Waals surface area contributed by atoms with E-state index in [1.54, 1.807) is 11.3 Å². The molecule has 0 saturated heterocycles.